The Morgan fingerprint density at radius 1 is 1.33 bits per heavy atom. The van der Waals surface area contributed by atoms with Gasteiger partial charge in [0.05, 0.1) is 10.5 Å². The molecule has 2 heterocycles. The quantitative estimate of drug-likeness (QED) is 0.653. The summed E-state index contributed by atoms with van der Waals surface area (Å²) in [7, 11) is 0. The minimum absolute atomic E-state index is 0.0670. The van der Waals surface area contributed by atoms with Gasteiger partial charge in [-0.25, -0.2) is 0 Å². The van der Waals surface area contributed by atoms with Gasteiger partial charge in [-0.05, 0) is 47.7 Å². The third kappa shape index (κ3) is 2.55. The molecule has 2 unspecified atom stereocenters. The highest BCUT2D eigenvalue weighted by atomic mass is 79.9. The summed E-state index contributed by atoms with van der Waals surface area (Å²) >= 11 is 3.32. The van der Waals surface area contributed by atoms with Crippen molar-refractivity contribution in [3.05, 3.63) is 38.3 Å². The lowest BCUT2D eigenvalue weighted by molar-refractivity contribution is -0.384. The van der Waals surface area contributed by atoms with E-state index in [0.29, 0.717) is 10.0 Å². The van der Waals surface area contributed by atoms with Crippen molar-refractivity contribution in [3.8, 4) is 0 Å². The van der Waals surface area contributed by atoms with Crippen molar-refractivity contribution >= 4 is 27.5 Å². The normalized spacial score (nSPS) is 27.7. The number of fused-ring (bicyclic) bond motifs is 2. The molecular weight excluding hydrogens is 338 g/mol. The second-order valence-electron chi connectivity index (χ2n) is 5.75. The van der Waals surface area contributed by atoms with Crippen LogP contribution in [0.2, 0.25) is 0 Å². The maximum absolute atomic E-state index is 12.8. The topological polar surface area (TPSA) is 89.5 Å². The van der Waals surface area contributed by atoms with Crippen molar-refractivity contribution in [1.29, 1.82) is 0 Å². The number of halogens is 1. The van der Waals surface area contributed by atoms with E-state index < -0.39 is 4.92 Å². The second-order valence-corrected chi connectivity index (χ2v) is 6.60. The van der Waals surface area contributed by atoms with Crippen LogP contribution < -0.4 is 5.73 Å². The Labute approximate surface area is 130 Å². The van der Waals surface area contributed by atoms with Crippen LogP contribution in [-0.4, -0.2) is 33.9 Å². The third-order valence-corrected chi connectivity index (χ3v) is 5.09. The maximum Gasteiger partial charge on any atom is 0.270 e. The summed E-state index contributed by atoms with van der Waals surface area (Å²) in [5.41, 5.74) is 6.30. The van der Waals surface area contributed by atoms with Crippen LogP contribution in [0.3, 0.4) is 0 Å². The summed E-state index contributed by atoms with van der Waals surface area (Å²) in [5, 5.41) is 10.9. The molecule has 21 heavy (non-hydrogen) atoms. The van der Waals surface area contributed by atoms with Crippen LogP contribution >= 0.6 is 15.9 Å². The SMILES string of the molecule is NC1CC2CCC(C1)N2C(=O)c1cc([N+](=O)[O-])ccc1Br. The summed E-state index contributed by atoms with van der Waals surface area (Å²) in [6.07, 6.45) is 3.57. The fourth-order valence-corrected chi connectivity index (χ4v) is 3.90. The van der Waals surface area contributed by atoms with Gasteiger partial charge in [-0.1, -0.05) is 0 Å². The number of nitro groups is 1. The van der Waals surface area contributed by atoms with E-state index in [2.05, 4.69) is 15.9 Å². The average molecular weight is 354 g/mol. The zero-order valence-electron chi connectivity index (χ0n) is 11.4. The molecule has 2 aliphatic rings. The fourth-order valence-electron chi connectivity index (χ4n) is 3.48. The molecule has 1 aromatic carbocycles. The molecule has 0 spiro atoms. The fraction of sp³-hybridized carbons (Fsp3) is 0.500. The van der Waals surface area contributed by atoms with Crippen molar-refractivity contribution in [3.63, 3.8) is 0 Å². The second kappa shape index (κ2) is 5.38. The van der Waals surface area contributed by atoms with Crippen LogP contribution in [0, 0.1) is 10.1 Å². The van der Waals surface area contributed by atoms with Gasteiger partial charge in [0.2, 0.25) is 0 Å². The highest BCUT2D eigenvalue weighted by Gasteiger charge is 2.42. The minimum Gasteiger partial charge on any atom is -0.333 e. The van der Waals surface area contributed by atoms with Crippen LogP contribution in [0.5, 0.6) is 0 Å². The Bertz CT molecular complexity index is 593. The predicted octanol–water partition coefficient (Wildman–Crippen LogP) is 2.45. The first-order valence-corrected chi connectivity index (χ1v) is 7.79. The number of nitrogens with two attached hydrogens (primary N) is 1. The van der Waals surface area contributed by atoms with Gasteiger partial charge < -0.3 is 10.6 Å². The van der Waals surface area contributed by atoms with Crippen LogP contribution in [0.4, 0.5) is 5.69 Å². The molecule has 2 fully saturated rings. The number of nitro benzene ring substituents is 1. The Balaban J connectivity index is 1.92. The molecule has 1 amide bonds. The number of benzene rings is 1. The first-order chi connectivity index (χ1) is 9.97. The van der Waals surface area contributed by atoms with Crippen LogP contribution in [0.1, 0.15) is 36.0 Å². The number of hydrogen-bond acceptors (Lipinski definition) is 4. The molecule has 1 aromatic rings. The molecule has 112 valence electrons. The van der Waals surface area contributed by atoms with Crippen LogP contribution in [-0.2, 0) is 0 Å². The molecule has 3 rings (SSSR count). The number of rotatable bonds is 2. The third-order valence-electron chi connectivity index (χ3n) is 4.40. The minimum atomic E-state index is -0.482. The maximum atomic E-state index is 12.8. The van der Waals surface area contributed by atoms with Crippen molar-refractivity contribution in [2.24, 2.45) is 5.73 Å². The van der Waals surface area contributed by atoms with Crippen LogP contribution in [0.15, 0.2) is 22.7 Å². The van der Waals surface area contributed by atoms with Gasteiger partial charge in [-0.15, -0.1) is 0 Å². The van der Waals surface area contributed by atoms with E-state index in [1.807, 2.05) is 4.90 Å². The number of non-ortho nitro benzene ring substituents is 1. The average Bonchev–Trinajstić information content (AvgIpc) is 2.70. The molecular formula is C14H16BrN3O3. The zero-order chi connectivity index (χ0) is 15.1. The summed E-state index contributed by atoms with van der Waals surface area (Å²) in [4.78, 5) is 25.1. The van der Waals surface area contributed by atoms with E-state index in [4.69, 9.17) is 5.73 Å². The standard InChI is InChI=1S/C14H16BrN3O3/c15-13-4-3-11(18(20)21)7-12(13)14(19)17-9-1-2-10(17)6-8(16)5-9/h3-4,7-10H,1-2,5-6,16H2. The highest BCUT2D eigenvalue weighted by Crippen LogP contribution is 2.37. The van der Waals surface area contributed by atoms with Gasteiger partial charge in [-0.2, -0.15) is 0 Å². The molecule has 7 heteroatoms. The molecule has 6 nitrogen and oxygen atoms in total. The number of carbonyl (C=O) groups excluding carboxylic acids is 1. The van der Waals surface area contributed by atoms with Crippen molar-refractivity contribution < 1.29 is 9.72 Å². The van der Waals surface area contributed by atoms with Gasteiger partial charge in [0.25, 0.3) is 11.6 Å². The van der Waals surface area contributed by atoms with E-state index in [0.717, 1.165) is 25.7 Å². The van der Waals surface area contributed by atoms with E-state index in [9.17, 15) is 14.9 Å². The van der Waals surface area contributed by atoms with Crippen molar-refractivity contribution in [1.82, 2.24) is 4.90 Å². The predicted molar refractivity (Wildman–Crippen MR) is 81.0 cm³/mol. The number of nitrogens with zero attached hydrogens (tertiary/aromatic N) is 2. The molecule has 0 aromatic heterocycles. The Morgan fingerprint density at radius 2 is 1.95 bits per heavy atom. The summed E-state index contributed by atoms with van der Waals surface area (Å²) in [6.45, 7) is 0. The molecule has 0 saturated carbocycles. The van der Waals surface area contributed by atoms with E-state index in [1.54, 1.807) is 6.07 Å². The number of amides is 1. The molecule has 2 saturated heterocycles. The van der Waals surface area contributed by atoms with Crippen molar-refractivity contribution in [2.45, 2.75) is 43.8 Å². The zero-order valence-corrected chi connectivity index (χ0v) is 13.0. The number of carbonyl (C=O) groups is 1. The van der Waals surface area contributed by atoms with Crippen LogP contribution in [0.25, 0.3) is 0 Å². The largest absolute Gasteiger partial charge is 0.333 e. The molecule has 0 radical (unpaired) electrons. The summed E-state index contributed by atoms with van der Waals surface area (Å²) < 4.78 is 0.590. The Hall–Kier alpha value is -1.47. The molecule has 2 aliphatic heterocycles. The molecule has 0 aliphatic carbocycles. The van der Waals surface area contributed by atoms with Gasteiger partial charge >= 0.3 is 0 Å². The van der Waals surface area contributed by atoms with E-state index >= 15 is 0 Å². The Kier molecular flexibility index (Phi) is 3.71. The molecule has 2 atom stereocenters. The first kappa shape index (κ1) is 14.5. The first-order valence-electron chi connectivity index (χ1n) is 6.99. The summed E-state index contributed by atoms with van der Waals surface area (Å²) in [6, 6.07) is 4.78. The van der Waals surface area contributed by atoms with Crippen molar-refractivity contribution in [2.75, 3.05) is 0 Å². The van der Waals surface area contributed by atoms with Gasteiger partial charge in [0.1, 0.15) is 0 Å². The van der Waals surface area contributed by atoms with Gasteiger partial charge in [0.15, 0.2) is 0 Å². The van der Waals surface area contributed by atoms with E-state index in [1.165, 1.54) is 12.1 Å². The van der Waals surface area contributed by atoms with Gasteiger partial charge in [-0.3, -0.25) is 14.9 Å². The lowest BCUT2D eigenvalue weighted by Gasteiger charge is -2.37. The molecule has 2 N–H and O–H groups in total. The smallest absolute Gasteiger partial charge is 0.270 e. The lowest BCUT2D eigenvalue weighted by Crippen LogP contribution is -2.50. The monoisotopic (exact) mass is 353 g/mol. The number of piperidine rings is 1. The Morgan fingerprint density at radius 3 is 2.52 bits per heavy atom. The molecule has 2 bridgehead atoms. The van der Waals surface area contributed by atoms with Gasteiger partial charge in [0, 0.05) is 34.7 Å². The van der Waals surface area contributed by atoms with E-state index in [-0.39, 0.29) is 29.7 Å². The number of hydrogen-bond donors (Lipinski definition) is 1. The summed E-state index contributed by atoms with van der Waals surface area (Å²) in [5.74, 6) is -0.134. The highest BCUT2D eigenvalue weighted by molar-refractivity contribution is 9.10. The lowest BCUT2D eigenvalue weighted by atomic mass is 9.97.